The minimum Gasteiger partial charge on any atom is -0.367 e. The number of hydrogen-bond donors (Lipinski definition) is 1. The third kappa shape index (κ3) is 4.13. The second-order valence-corrected chi connectivity index (χ2v) is 6.22. The number of halogens is 1. The summed E-state index contributed by atoms with van der Waals surface area (Å²) < 4.78 is 13.6. The van der Waals surface area contributed by atoms with Gasteiger partial charge in [-0.3, -0.25) is 4.79 Å². The molecular weight excluding hydrogens is 303 g/mol. The van der Waals surface area contributed by atoms with Gasteiger partial charge in [-0.15, -0.1) is 0 Å². The molecule has 0 radical (unpaired) electrons. The largest absolute Gasteiger partial charge is 0.367 e. The van der Waals surface area contributed by atoms with Crippen LogP contribution in [0.2, 0.25) is 0 Å². The van der Waals surface area contributed by atoms with E-state index >= 15 is 0 Å². The molecule has 4 heteroatoms. The van der Waals surface area contributed by atoms with E-state index in [1.807, 2.05) is 18.2 Å². The Balaban J connectivity index is 1.48. The molecule has 0 bridgehead atoms. The molecule has 0 spiro atoms. The van der Waals surface area contributed by atoms with E-state index in [1.54, 1.807) is 18.2 Å². The number of anilines is 1. The molecule has 3 rings (SSSR count). The second-order valence-electron chi connectivity index (χ2n) is 6.22. The Hall–Kier alpha value is -2.36. The van der Waals surface area contributed by atoms with Gasteiger partial charge in [-0.1, -0.05) is 36.4 Å². The van der Waals surface area contributed by atoms with E-state index in [1.165, 1.54) is 11.8 Å². The summed E-state index contributed by atoms with van der Waals surface area (Å²) in [6.07, 6.45) is 2.98. The maximum atomic E-state index is 13.6. The first-order valence-corrected chi connectivity index (χ1v) is 8.56. The van der Waals surface area contributed by atoms with Crippen molar-refractivity contribution in [2.45, 2.75) is 31.7 Å². The SMILES string of the molecule is O=C(CCc1ccccc1F)NC[C@H]1CCCN1c1ccccc1. The zero-order valence-corrected chi connectivity index (χ0v) is 13.7. The zero-order chi connectivity index (χ0) is 16.8. The van der Waals surface area contributed by atoms with E-state index in [9.17, 15) is 9.18 Å². The Morgan fingerprint density at radius 1 is 1.12 bits per heavy atom. The van der Waals surface area contributed by atoms with E-state index in [2.05, 4.69) is 22.3 Å². The molecule has 1 aliphatic heterocycles. The predicted octanol–water partition coefficient (Wildman–Crippen LogP) is 3.54. The molecular formula is C20H23FN2O. The Bertz CT molecular complexity index is 674. The van der Waals surface area contributed by atoms with Gasteiger partial charge in [0.25, 0.3) is 0 Å². The minimum absolute atomic E-state index is 0.0156. The summed E-state index contributed by atoms with van der Waals surface area (Å²) in [5.74, 6) is -0.255. The van der Waals surface area contributed by atoms with Gasteiger partial charge in [0, 0.05) is 31.2 Å². The summed E-state index contributed by atoms with van der Waals surface area (Å²) in [6, 6.07) is 17.3. The summed E-state index contributed by atoms with van der Waals surface area (Å²) in [5.41, 5.74) is 1.81. The van der Waals surface area contributed by atoms with Gasteiger partial charge < -0.3 is 10.2 Å². The lowest BCUT2D eigenvalue weighted by atomic mass is 10.1. The number of nitrogens with one attached hydrogen (secondary N) is 1. The first kappa shape index (κ1) is 16.5. The second kappa shape index (κ2) is 7.95. The molecule has 0 saturated carbocycles. The van der Waals surface area contributed by atoms with Gasteiger partial charge in [-0.2, -0.15) is 0 Å². The van der Waals surface area contributed by atoms with Crippen LogP contribution < -0.4 is 10.2 Å². The van der Waals surface area contributed by atoms with E-state index in [4.69, 9.17) is 0 Å². The third-order valence-corrected chi connectivity index (χ3v) is 4.58. The highest BCUT2D eigenvalue weighted by atomic mass is 19.1. The van der Waals surface area contributed by atoms with E-state index in [0.717, 1.165) is 19.4 Å². The molecule has 1 heterocycles. The van der Waals surface area contributed by atoms with Crippen molar-refractivity contribution in [1.82, 2.24) is 5.32 Å². The van der Waals surface area contributed by atoms with Crippen LogP contribution in [0.4, 0.5) is 10.1 Å². The quantitative estimate of drug-likeness (QED) is 0.880. The number of aryl methyl sites for hydroxylation is 1. The fourth-order valence-electron chi connectivity index (χ4n) is 3.28. The molecule has 2 aromatic carbocycles. The standard InChI is InChI=1S/C20H23FN2O/c21-19-11-5-4-7-16(19)12-13-20(24)22-15-18-10-6-14-23(18)17-8-2-1-3-9-17/h1-5,7-9,11,18H,6,10,12-15H2,(H,22,24)/t18-/m1/s1. The molecule has 24 heavy (non-hydrogen) atoms. The van der Waals surface area contributed by atoms with E-state index in [0.29, 0.717) is 31.0 Å². The highest BCUT2D eigenvalue weighted by molar-refractivity contribution is 5.76. The Morgan fingerprint density at radius 3 is 2.67 bits per heavy atom. The highest BCUT2D eigenvalue weighted by Crippen LogP contribution is 2.24. The number of carbonyl (C=O) groups excluding carboxylic acids is 1. The number of nitrogens with zero attached hydrogens (tertiary/aromatic N) is 1. The summed E-state index contributed by atoms with van der Waals surface area (Å²) in [5, 5.41) is 3.01. The molecule has 1 saturated heterocycles. The molecule has 1 N–H and O–H groups in total. The van der Waals surface area contributed by atoms with Crippen LogP contribution in [0.15, 0.2) is 54.6 Å². The zero-order valence-electron chi connectivity index (χ0n) is 13.7. The molecule has 1 fully saturated rings. The maximum absolute atomic E-state index is 13.6. The Labute approximate surface area is 142 Å². The lowest BCUT2D eigenvalue weighted by Gasteiger charge is -2.27. The van der Waals surface area contributed by atoms with Gasteiger partial charge >= 0.3 is 0 Å². The molecule has 126 valence electrons. The van der Waals surface area contributed by atoms with Crippen molar-refractivity contribution in [3.63, 3.8) is 0 Å². The van der Waals surface area contributed by atoms with Gasteiger partial charge in [0.1, 0.15) is 5.82 Å². The topological polar surface area (TPSA) is 32.3 Å². The lowest BCUT2D eigenvalue weighted by molar-refractivity contribution is -0.121. The van der Waals surface area contributed by atoms with Gasteiger partial charge in [0.15, 0.2) is 0 Å². The van der Waals surface area contributed by atoms with E-state index in [-0.39, 0.29) is 11.7 Å². The van der Waals surface area contributed by atoms with Crippen LogP contribution in [-0.4, -0.2) is 25.0 Å². The number of benzene rings is 2. The van der Waals surface area contributed by atoms with Crippen LogP contribution in [0.25, 0.3) is 0 Å². The van der Waals surface area contributed by atoms with Gasteiger partial charge in [-0.05, 0) is 43.0 Å². The highest BCUT2D eigenvalue weighted by Gasteiger charge is 2.24. The summed E-state index contributed by atoms with van der Waals surface area (Å²) in [4.78, 5) is 14.4. The van der Waals surface area contributed by atoms with Crippen LogP contribution in [0.1, 0.15) is 24.8 Å². The van der Waals surface area contributed by atoms with Gasteiger partial charge in [-0.25, -0.2) is 4.39 Å². The molecule has 1 atom stereocenters. The number of amides is 1. The molecule has 2 aromatic rings. The lowest BCUT2D eigenvalue weighted by Crippen LogP contribution is -2.40. The van der Waals surface area contributed by atoms with Crippen LogP contribution >= 0.6 is 0 Å². The smallest absolute Gasteiger partial charge is 0.220 e. The number of carbonyl (C=O) groups is 1. The minimum atomic E-state index is -0.239. The fourth-order valence-corrected chi connectivity index (χ4v) is 3.28. The Morgan fingerprint density at radius 2 is 1.88 bits per heavy atom. The first-order valence-electron chi connectivity index (χ1n) is 8.56. The van der Waals surface area contributed by atoms with Crippen molar-refractivity contribution >= 4 is 11.6 Å². The molecule has 0 unspecified atom stereocenters. The molecule has 0 aliphatic carbocycles. The van der Waals surface area contributed by atoms with Crippen molar-refractivity contribution < 1.29 is 9.18 Å². The van der Waals surface area contributed by atoms with Crippen LogP contribution in [0, 0.1) is 5.82 Å². The number of para-hydroxylation sites is 1. The van der Waals surface area contributed by atoms with Crippen molar-refractivity contribution in [2.24, 2.45) is 0 Å². The van der Waals surface area contributed by atoms with Gasteiger partial charge in [0.2, 0.25) is 5.91 Å². The average molecular weight is 326 g/mol. The van der Waals surface area contributed by atoms with Crippen LogP contribution in [0.5, 0.6) is 0 Å². The average Bonchev–Trinajstić information content (AvgIpc) is 3.08. The first-order chi connectivity index (χ1) is 11.7. The van der Waals surface area contributed by atoms with Crippen molar-refractivity contribution in [3.05, 3.63) is 66.0 Å². The maximum Gasteiger partial charge on any atom is 0.220 e. The monoisotopic (exact) mass is 326 g/mol. The molecule has 3 nitrogen and oxygen atoms in total. The Kier molecular flexibility index (Phi) is 5.47. The normalized spacial score (nSPS) is 17.0. The molecule has 1 amide bonds. The van der Waals surface area contributed by atoms with Crippen LogP contribution in [-0.2, 0) is 11.2 Å². The summed E-state index contributed by atoms with van der Waals surface area (Å²) in [7, 11) is 0. The van der Waals surface area contributed by atoms with E-state index < -0.39 is 0 Å². The van der Waals surface area contributed by atoms with Crippen LogP contribution in [0.3, 0.4) is 0 Å². The number of hydrogen-bond acceptors (Lipinski definition) is 2. The summed E-state index contributed by atoms with van der Waals surface area (Å²) >= 11 is 0. The van der Waals surface area contributed by atoms with Gasteiger partial charge in [0.05, 0.1) is 0 Å². The summed E-state index contributed by atoms with van der Waals surface area (Å²) in [6.45, 7) is 1.67. The fraction of sp³-hybridized carbons (Fsp3) is 0.350. The third-order valence-electron chi connectivity index (χ3n) is 4.58. The van der Waals surface area contributed by atoms with Crippen molar-refractivity contribution in [1.29, 1.82) is 0 Å². The molecule has 1 aliphatic rings. The number of rotatable bonds is 6. The van der Waals surface area contributed by atoms with Crippen molar-refractivity contribution in [3.8, 4) is 0 Å². The predicted molar refractivity (Wildman–Crippen MR) is 94.5 cm³/mol. The van der Waals surface area contributed by atoms with Crippen molar-refractivity contribution in [2.75, 3.05) is 18.0 Å². The molecule has 0 aromatic heterocycles.